The Hall–Kier alpha value is -4.34. The molecule has 0 aliphatic carbocycles. The first-order valence-electron chi connectivity index (χ1n) is 10.7. The van der Waals surface area contributed by atoms with Crippen LogP contribution in [-0.4, -0.2) is 21.5 Å². The number of nitrogens with two attached hydrogens (primary N) is 2. The molecule has 0 spiro atoms. The van der Waals surface area contributed by atoms with Crippen LogP contribution >= 0.6 is 11.6 Å². The van der Waals surface area contributed by atoms with Crippen LogP contribution in [0.4, 0.5) is 16.0 Å². The van der Waals surface area contributed by atoms with E-state index in [4.69, 9.17) is 33.2 Å². The number of benzene rings is 3. The van der Waals surface area contributed by atoms with Crippen LogP contribution in [0.2, 0.25) is 5.02 Å². The number of fused-ring (bicyclic) bond motifs is 3. The van der Waals surface area contributed by atoms with E-state index in [1.807, 2.05) is 18.2 Å². The molecule has 4 aromatic rings. The van der Waals surface area contributed by atoms with Crippen LogP contribution in [0.15, 0.2) is 83.0 Å². The highest BCUT2D eigenvalue weighted by Gasteiger charge is 2.23. The highest BCUT2D eigenvalue weighted by molar-refractivity contribution is 6.31. The van der Waals surface area contributed by atoms with Crippen LogP contribution in [0.25, 0.3) is 11.3 Å². The van der Waals surface area contributed by atoms with Crippen molar-refractivity contribution in [3.8, 4) is 11.3 Å². The Bertz CT molecular complexity index is 1470. The summed E-state index contributed by atoms with van der Waals surface area (Å²) in [6.07, 6.45) is 1.72. The third-order valence-electron chi connectivity index (χ3n) is 5.51. The Morgan fingerprint density at radius 2 is 1.80 bits per heavy atom. The third-order valence-corrected chi connectivity index (χ3v) is 5.75. The van der Waals surface area contributed by atoms with E-state index < -0.39 is 0 Å². The zero-order valence-corrected chi connectivity index (χ0v) is 19.1. The Morgan fingerprint density at radius 1 is 1.00 bits per heavy atom. The lowest BCUT2D eigenvalue weighted by atomic mass is 9.95. The van der Waals surface area contributed by atoms with Crippen molar-refractivity contribution in [3.63, 3.8) is 0 Å². The molecule has 35 heavy (non-hydrogen) atoms. The van der Waals surface area contributed by atoms with Crippen molar-refractivity contribution < 1.29 is 4.39 Å². The fourth-order valence-corrected chi connectivity index (χ4v) is 4.03. The Morgan fingerprint density at radius 3 is 2.57 bits per heavy atom. The molecule has 3 aromatic carbocycles. The monoisotopic (exact) mass is 486 g/mol. The second kappa shape index (κ2) is 9.49. The molecule has 0 amide bonds. The van der Waals surface area contributed by atoms with Gasteiger partial charge in [0.2, 0.25) is 5.95 Å². The summed E-state index contributed by atoms with van der Waals surface area (Å²) in [5, 5.41) is 7.48. The van der Waals surface area contributed by atoms with E-state index in [9.17, 15) is 4.39 Å². The number of nitrogens with one attached hydrogen (secondary N) is 2. The first-order valence-corrected chi connectivity index (χ1v) is 11.0. The summed E-state index contributed by atoms with van der Waals surface area (Å²) in [5.41, 5.74) is 13.4. The summed E-state index contributed by atoms with van der Waals surface area (Å²) in [7, 11) is 0. The van der Waals surface area contributed by atoms with Crippen molar-refractivity contribution in [2.24, 2.45) is 21.7 Å². The number of amidine groups is 1. The van der Waals surface area contributed by atoms with Gasteiger partial charge in [-0.05, 0) is 48.5 Å². The lowest BCUT2D eigenvalue weighted by Crippen LogP contribution is -2.22. The second-order valence-electron chi connectivity index (χ2n) is 7.73. The summed E-state index contributed by atoms with van der Waals surface area (Å²) in [6, 6.07) is 19.2. The van der Waals surface area contributed by atoms with Crippen molar-refractivity contribution in [2.75, 3.05) is 5.32 Å². The quantitative estimate of drug-likeness (QED) is 0.145. The summed E-state index contributed by atoms with van der Waals surface area (Å²) < 4.78 is 14.7. The highest BCUT2D eigenvalue weighted by atomic mass is 35.5. The van der Waals surface area contributed by atoms with Crippen molar-refractivity contribution in [2.45, 2.75) is 6.54 Å². The van der Waals surface area contributed by atoms with Gasteiger partial charge >= 0.3 is 0 Å². The van der Waals surface area contributed by atoms with E-state index in [1.54, 1.807) is 48.7 Å². The average molecular weight is 487 g/mol. The smallest absolute Gasteiger partial charge is 0.227 e. The number of anilines is 2. The number of aliphatic imine (C=N–C) groups is 1. The molecule has 0 bridgehead atoms. The van der Waals surface area contributed by atoms with Gasteiger partial charge in [0.1, 0.15) is 5.82 Å². The molecule has 1 aromatic heterocycles. The molecule has 0 atom stereocenters. The molecule has 174 valence electrons. The number of halogens is 2. The van der Waals surface area contributed by atoms with Crippen LogP contribution in [-0.2, 0) is 6.54 Å². The number of hydrazine groups is 1. The van der Waals surface area contributed by atoms with Gasteiger partial charge < -0.3 is 11.1 Å². The lowest BCUT2D eigenvalue weighted by molar-refractivity contribution is 0.625. The van der Waals surface area contributed by atoms with E-state index in [-0.39, 0.29) is 11.7 Å². The molecule has 5 rings (SSSR count). The van der Waals surface area contributed by atoms with Crippen molar-refractivity contribution >= 4 is 34.8 Å². The molecule has 0 saturated carbocycles. The van der Waals surface area contributed by atoms with Gasteiger partial charge in [-0.3, -0.25) is 4.99 Å². The topological polar surface area (TPSA) is 127 Å². The van der Waals surface area contributed by atoms with E-state index in [2.05, 4.69) is 20.9 Å². The van der Waals surface area contributed by atoms with Gasteiger partial charge in [0.25, 0.3) is 0 Å². The zero-order chi connectivity index (χ0) is 24.4. The molecular formula is C25H20ClFN8. The van der Waals surface area contributed by atoms with Crippen molar-refractivity contribution in [1.82, 2.24) is 15.5 Å². The standard InChI is InChI=1S/C25H20ClFN8/c26-16-7-10-18-20(11-16)23(19-3-1-2-4-21(19)27)30-12-15-13-31-25(33-22(15)18)32-17-8-5-14(6-9-17)24(28)34-35-29/h1-11,13,35H,12,29H2,(H2,28,34)(H,31,32,33). The molecule has 0 saturated heterocycles. The van der Waals surface area contributed by atoms with E-state index in [0.717, 1.165) is 16.8 Å². The van der Waals surface area contributed by atoms with Crippen molar-refractivity contribution in [3.05, 3.63) is 106 Å². The third kappa shape index (κ3) is 4.54. The summed E-state index contributed by atoms with van der Waals surface area (Å²) in [5.74, 6) is 5.49. The van der Waals surface area contributed by atoms with Gasteiger partial charge in [0.15, 0.2) is 5.84 Å². The summed E-state index contributed by atoms with van der Waals surface area (Å²) >= 11 is 6.32. The summed E-state index contributed by atoms with van der Waals surface area (Å²) in [4.78, 5) is 13.9. The molecule has 2 heterocycles. The second-order valence-corrected chi connectivity index (χ2v) is 8.17. The molecule has 10 heteroatoms. The maximum atomic E-state index is 14.7. The van der Waals surface area contributed by atoms with Gasteiger partial charge in [-0.15, -0.1) is 5.10 Å². The fourth-order valence-electron chi connectivity index (χ4n) is 3.86. The summed E-state index contributed by atoms with van der Waals surface area (Å²) in [6.45, 7) is 0.300. The van der Waals surface area contributed by atoms with E-state index in [0.29, 0.717) is 45.6 Å². The first-order chi connectivity index (χ1) is 17.0. The number of rotatable bonds is 5. The van der Waals surface area contributed by atoms with Crippen molar-refractivity contribution in [1.29, 1.82) is 0 Å². The van der Waals surface area contributed by atoms with Crippen LogP contribution < -0.4 is 22.4 Å². The average Bonchev–Trinajstić information content (AvgIpc) is 3.01. The van der Waals surface area contributed by atoms with E-state index >= 15 is 0 Å². The molecule has 0 fully saturated rings. The van der Waals surface area contributed by atoms with Crippen LogP contribution in [0.1, 0.15) is 22.3 Å². The van der Waals surface area contributed by atoms with Gasteiger partial charge in [0, 0.05) is 44.7 Å². The minimum atomic E-state index is -0.354. The number of hydrazone groups is 1. The Balaban J connectivity index is 1.52. The zero-order valence-electron chi connectivity index (χ0n) is 18.3. The molecule has 0 unspecified atom stereocenters. The number of hydrogen-bond acceptors (Lipinski definition) is 7. The van der Waals surface area contributed by atoms with Crippen LogP contribution in [0.5, 0.6) is 0 Å². The van der Waals surface area contributed by atoms with Crippen LogP contribution in [0, 0.1) is 5.82 Å². The SMILES string of the molecule is NN/N=C(\N)c1ccc(Nc2ncc3c(n2)-c2ccc(Cl)cc2C(c2ccccc2F)=NC3)cc1. The number of aromatic nitrogens is 2. The largest absolute Gasteiger partial charge is 0.382 e. The minimum absolute atomic E-state index is 0.265. The lowest BCUT2D eigenvalue weighted by Gasteiger charge is -2.13. The highest BCUT2D eigenvalue weighted by Crippen LogP contribution is 2.34. The molecule has 1 aliphatic rings. The molecule has 0 radical (unpaired) electrons. The predicted octanol–water partition coefficient (Wildman–Crippen LogP) is 4.11. The maximum Gasteiger partial charge on any atom is 0.227 e. The van der Waals surface area contributed by atoms with Crippen LogP contribution in [0.3, 0.4) is 0 Å². The Kier molecular flexibility index (Phi) is 6.09. The minimum Gasteiger partial charge on any atom is -0.382 e. The van der Waals surface area contributed by atoms with Gasteiger partial charge in [0.05, 0.1) is 18.0 Å². The maximum absolute atomic E-state index is 14.7. The van der Waals surface area contributed by atoms with Gasteiger partial charge in [-0.1, -0.05) is 29.8 Å². The number of nitrogens with zero attached hydrogens (tertiary/aromatic N) is 4. The predicted molar refractivity (Wildman–Crippen MR) is 136 cm³/mol. The fraction of sp³-hybridized carbons (Fsp3) is 0.0400. The normalized spacial score (nSPS) is 12.8. The molecular weight excluding hydrogens is 467 g/mol. The first kappa shape index (κ1) is 22.5. The van der Waals surface area contributed by atoms with Gasteiger partial charge in [-0.2, -0.15) is 0 Å². The Labute approximate surface area is 205 Å². The molecule has 1 aliphatic heterocycles. The molecule has 6 N–H and O–H groups in total. The van der Waals surface area contributed by atoms with E-state index in [1.165, 1.54) is 6.07 Å². The number of hydrogen-bond donors (Lipinski definition) is 4. The van der Waals surface area contributed by atoms with Gasteiger partial charge in [-0.25, -0.2) is 25.7 Å². The molecule has 8 nitrogen and oxygen atoms in total.